The summed E-state index contributed by atoms with van der Waals surface area (Å²) in [5.41, 5.74) is 0.712. The predicted molar refractivity (Wildman–Crippen MR) is 113 cm³/mol. The second-order valence-corrected chi connectivity index (χ2v) is 7.56. The molecular formula is C21H22FN3O3S. The number of ether oxygens (including phenoxy) is 1. The Bertz CT molecular complexity index is 935. The van der Waals surface area contributed by atoms with Crippen LogP contribution in [-0.2, 0) is 9.59 Å². The number of hydrogen-bond donors (Lipinski definition) is 1. The zero-order valence-corrected chi connectivity index (χ0v) is 17.0. The lowest BCUT2D eigenvalue weighted by Gasteiger charge is -2.15. The van der Waals surface area contributed by atoms with Crippen LogP contribution in [0.4, 0.5) is 15.8 Å². The standard InChI is InChI=1S/C21H22FN3O3S/c1-3-12-25-20(27)18(29-21(25)24-15-9-5-4-8-14(15)22)13-19(26)23-16-10-6-7-11-17(16)28-2/h4-11,18H,3,12-13H2,1-2H3,(H,23,26)/t18-/m0/s1. The lowest BCUT2D eigenvalue weighted by atomic mass is 10.2. The van der Waals surface area contributed by atoms with Crippen LogP contribution in [0.2, 0.25) is 0 Å². The second-order valence-electron chi connectivity index (χ2n) is 6.39. The van der Waals surface area contributed by atoms with E-state index in [0.717, 1.165) is 6.42 Å². The molecular weight excluding hydrogens is 393 g/mol. The molecule has 0 saturated carbocycles. The molecule has 8 heteroatoms. The largest absolute Gasteiger partial charge is 0.495 e. The lowest BCUT2D eigenvalue weighted by Crippen LogP contribution is -2.34. The Balaban J connectivity index is 1.75. The predicted octanol–water partition coefficient (Wildman–Crippen LogP) is 4.20. The summed E-state index contributed by atoms with van der Waals surface area (Å²) >= 11 is 1.19. The summed E-state index contributed by atoms with van der Waals surface area (Å²) in [4.78, 5) is 31.2. The van der Waals surface area contributed by atoms with Crippen molar-refractivity contribution in [3.05, 3.63) is 54.3 Å². The molecule has 0 aliphatic carbocycles. The Hall–Kier alpha value is -2.87. The van der Waals surface area contributed by atoms with Crippen molar-refractivity contribution in [3.8, 4) is 5.75 Å². The van der Waals surface area contributed by atoms with Crippen molar-refractivity contribution in [1.82, 2.24) is 4.90 Å². The zero-order chi connectivity index (χ0) is 20.8. The molecule has 0 spiro atoms. The Morgan fingerprint density at radius 1 is 1.24 bits per heavy atom. The van der Waals surface area contributed by atoms with Crippen LogP contribution >= 0.6 is 11.8 Å². The van der Waals surface area contributed by atoms with E-state index in [2.05, 4.69) is 10.3 Å². The molecule has 1 heterocycles. The first-order chi connectivity index (χ1) is 14.0. The van der Waals surface area contributed by atoms with Crippen LogP contribution in [0.15, 0.2) is 53.5 Å². The summed E-state index contributed by atoms with van der Waals surface area (Å²) < 4.78 is 19.2. The number of benzene rings is 2. The van der Waals surface area contributed by atoms with Gasteiger partial charge in [-0.05, 0) is 30.7 Å². The minimum absolute atomic E-state index is 0.0158. The van der Waals surface area contributed by atoms with Gasteiger partial charge in [0, 0.05) is 13.0 Å². The van der Waals surface area contributed by atoms with Crippen molar-refractivity contribution in [2.75, 3.05) is 19.0 Å². The van der Waals surface area contributed by atoms with Gasteiger partial charge >= 0.3 is 0 Å². The number of nitrogens with one attached hydrogen (secondary N) is 1. The highest BCUT2D eigenvalue weighted by atomic mass is 32.2. The van der Waals surface area contributed by atoms with Crippen LogP contribution in [0.1, 0.15) is 19.8 Å². The minimum atomic E-state index is -0.609. The number of thioether (sulfide) groups is 1. The van der Waals surface area contributed by atoms with Gasteiger partial charge in [-0.2, -0.15) is 0 Å². The van der Waals surface area contributed by atoms with Crippen molar-refractivity contribution in [2.24, 2.45) is 4.99 Å². The summed E-state index contributed by atoms with van der Waals surface area (Å²) in [6.45, 7) is 2.41. The molecule has 3 rings (SSSR count). The summed E-state index contributed by atoms with van der Waals surface area (Å²) in [5.74, 6) is -0.409. The van der Waals surface area contributed by atoms with Crippen LogP contribution in [0.5, 0.6) is 5.75 Å². The molecule has 2 aromatic carbocycles. The lowest BCUT2D eigenvalue weighted by molar-refractivity contribution is -0.128. The maximum absolute atomic E-state index is 14.0. The molecule has 1 aliphatic heterocycles. The number of halogens is 1. The molecule has 1 saturated heterocycles. The van der Waals surface area contributed by atoms with E-state index in [1.54, 1.807) is 42.5 Å². The number of amides is 2. The van der Waals surface area contributed by atoms with Crippen LogP contribution in [0.3, 0.4) is 0 Å². The Morgan fingerprint density at radius 3 is 2.69 bits per heavy atom. The van der Waals surface area contributed by atoms with E-state index in [1.165, 1.54) is 29.8 Å². The van der Waals surface area contributed by atoms with Crippen molar-refractivity contribution in [3.63, 3.8) is 0 Å². The molecule has 1 N–H and O–H groups in total. The average molecular weight is 415 g/mol. The first-order valence-corrected chi connectivity index (χ1v) is 10.2. The molecule has 6 nitrogen and oxygen atoms in total. The van der Waals surface area contributed by atoms with Crippen LogP contribution in [0, 0.1) is 5.82 Å². The molecule has 29 heavy (non-hydrogen) atoms. The number of methoxy groups -OCH3 is 1. The van der Waals surface area contributed by atoms with Gasteiger partial charge in [-0.3, -0.25) is 14.5 Å². The van der Waals surface area contributed by atoms with Crippen molar-refractivity contribution in [1.29, 1.82) is 0 Å². The third kappa shape index (κ3) is 4.95. The molecule has 1 aliphatic rings. The molecule has 0 bridgehead atoms. The topological polar surface area (TPSA) is 71.0 Å². The average Bonchev–Trinajstić information content (AvgIpc) is 2.99. The first kappa shape index (κ1) is 20.9. The molecule has 0 aromatic heterocycles. The Kier molecular flexibility index (Phi) is 6.87. The number of carbonyl (C=O) groups excluding carboxylic acids is 2. The third-order valence-electron chi connectivity index (χ3n) is 4.29. The minimum Gasteiger partial charge on any atom is -0.495 e. The summed E-state index contributed by atoms with van der Waals surface area (Å²) in [7, 11) is 1.52. The van der Waals surface area contributed by atoms with Gasteiger partial charge in [0.1, 0.15) is 22.5 Å². The van der Waals surface area contributed by atoms with Gasteiger partial charge in [0.15, 0.2) is 5.17 Å². The van der Waals surface area contributed by atoms with E-state index in [4.69, 9.17) is 4.74 Å². The monoisotopic (exact) mass is 415 g/mol. The van der Waals surface area contributed by atoms with E-state index in [1.807, 2.05) is 6.92 Å². The fourth-order valence-electron chi connectivity index (χ4n) is 2.92. The highest BCUT2D eigenvalue weighted by molar-refractivity contribution is 8.15. The quantitative estimate of drug-likeness (QED) is 0.736. The molecule has 0 unspecified atom stereocenters. The van der Waals surface area contributed by atoms with Crippen LogP contribution in [-0.4, -0.2) is 40.8 Å². The maximum atomic E-state index is 14.0. The van der Waals surface area contributed by atoms with Gasteiger partial charge in [-0.15, -0.1) is 0 Å². The van der Waals surface area contributed by atoms with Gasteiger partial charge in [0.2, 0.25) is 11.8 Å². The number of anilines is 1. The molecule has 152 valence electrons. The smallest absolute Gasteiger partial charge is 0.242 e. The van der Waals surface area contributed by atoms with E-state index >= 15 is 0 Å². The van der Waals surface area contributed by atoms with Crippen molar-refractivity contribution >= 4 is 40.1 Å². The van der Waals surface area contributed by atoms with E-state index in [-0.39, 0.29) is 23.9 Å². The normalized spacial score (nSPS) is 17.6. The number of carbonyl (C=O) groups is 2. The fourth-order valence-corrected chi connectivity index (χ4v) is 4.09. The Morgan fingerprint density at radius 2 is 1.97 bits per heavy atom. The molecule has 0 radical (unpaired) electrons. The molecule has 2 amide bonds. The highest BCUT2D eigenvalue weighted by Crippen LogP contribution is 2.33. The van der Waals surface area contributed by atoms with Crippen molar-refractivity contribution in [2.45, 2.75) is 25.0 Å². The number of aliphatic imine (C=N–C) groups is 1. The van der Waals surface area contributed by atoms with Gasteiger partial charge in [0.05, 0.1) is 12.8 Å². The summed E-state index contributed by atoms with van der Waals surface area (Å²) in [6.07, 6.45) is 0.709. The van der Waals surface area contributed by atoms with Gasteiger partial charge in [-0.25, -0.2) is 9.38 Å². The molecule has 1 atom stereocenters. The molecule has 2 aromatic rings. The van der Waals surface area contributed by atoms with E-state index in [0.29, 0.717) is 23.1 Å². The van der Waals surface area contributed by atoms with Gasteiger partial charge < -0.3 is 10.1 Å². The fraction of sp³-hybridized carbons (Fsp3) is 0.286. The Labute approximate surface area is 173 Å². The summed E-state index contributed by atoms with van der Waals surface area (Å²) in [6, 6.07) is 13.2. The number of rotatable bonds is 7. The number of para-hydroxylation sites is 3. The maximum Gasteiger partial charge on any atom is 0.242 e. The van der Waals surface area contributed by atoms with Gasteiger partial charge in [-0.1, -0.05) is 43.0 Å². The summed E-state index contributed by atoms with van der Waals surface area (Å²) in [5, 5.41) is 2.59. The van der Waals surface area contributed by atoms with Crippen LogP contribution < -0.4 is 10.1 Å². The highest BCUT2D eigenvalue weighted by Gasteiger charge is 2.38. The first-order valence-electron chi connectivity index (χ1n) is 9.27. The number of nitrogens with zero attached hydrogens (tertiary/aromatic N) is 2. The molecule has 1 fully saturated rings. The van der Waals surface area contributed by atoms with E-state index < -0.39 is 11.1 Å². The van der Waals surface area contributed by atoms with Gasteiger partial charge in [0.25, 0.3) is 0 Å². The zero-order valence-electron chi connectivity index (χ0n) is 16.2. The number of amidine groups is 1. The third-order valence-corrected chi connectivity index (χ3v) is 5.46. The second kappa shape index (κ2) is 9.56. The number of hydrogen-bond acceptors (Lipinski definition) is 5. The van der Waals surface area contributed by atoms with Crippen LogP contribution in [0.25, 0.3) is 0 Å². The van der Waals surface area contributed by atoms with E-state index in [9.17, 15) is 14.0 Å². The van der Waals surface area contributed by atoms with Crippen molar-refractivity contribution < 1.29 is 18.7 Å². The SMILES string of the molecule is CCCN1C(=O)[C@H](CC(=O)Nc2ccccc2OC)SC1=Nc1ccccc1F.